The molecular weight excluding hydrogens is 644 g/mol. The van der Waals surface area contributed by atoms with Crippen molar-refractivity contribution in [2.24, 2.45) is 10.7 Å². The number of hydrogen-bond acceptors (Lipinski definition) is 7. The van der Waals surface area contributed by atoms with E-state index in [2.05, 4.69) is 26.1 Å². The zero-order chi connectivity index (χ0) is 31.1. The molecule has 3 aliphatic rings. The maximum absolute atomic E-state index is 13.7. The lowest BCUT2D eigenvalue weighted by molar-refractivity contribution is -0.144. The number of rotatable bonds is 10. The zero-order valence-electron chi connectivity index (χ0n) is 25.5. The van der Waals surface area contributed by atoms with Crippen molar-refractivity contribution in [2.45, 2.75) is 76.2 Å². The molecule has 2 aromatic rings. The molecule has 5 rings (SSSR count). The summed E-state index contributed by atoms with van der Waals surface area (Å²) < 4.78 is 7.34. The second kappa shape index (κ2) is 15.6. The molecule has 11 heteroatoms. The molecule has 9 nitrogen and oxygen atoms in total. The Morgan fingerprint density at radius 1 is 1.09 bits per heavy atom. The third-order valence-electron chi connectivity index (χ3n) is 8.76. The van der Waals surface area contributed by atoms with Crippen molar-refractivity contribution in [2.75, 3.05) is 39.3 Å². The van der Waals surface area contributed by atoms with E-state index in [9.17, 15) is 9.59 Å². The molecule has 2 aromatic carbocycles. The lowest BCUT2D eigenvalue weighted by Crippen LogP contribution is -2.63. The Morgan fingerprint density at radius 3 is 2.66 bits per heavy atom. The maximum Gasteiger partial charge on any atom is 0.288 e. The van der Waals surface area contributed by atoms with Gasteiger partial charge >= 0.3 is 0 Å². The number of hydrogen-bond donors (Lipinski definition) is 2. The SMILES string of the molecule is C[C@@H]1N=C(N2CCN(C(=O)[C@H](N)CCCCN3CCCCC3)[C@H](C(=O)NCc3cccc(Cl)c3)C2)O[C@H]1c1cccc(Br)c1. The first-order valence-electron chi connectivity index (χ1n) is 15.8. The van der Waals surface area contributed by atoms with Crippen LogP contribution in [0, 0.1) is 0 Å². The fourth-order valence-electron chi connectivity index (χ4n) is 6.29. The molecule has 3 N–H and O–H groups in total. The quantitative estimate of drug-likeness (QED) is 0.351. The molecule has 2 fully saturated rings. The highest BCUT2D eigenvalue weighted by Crippen LogP contribution is 2.32. The van der Waals surface area contributed by atoms with E-state index in [4.69, 9.17) is 27.1 Å². The van der Waals surface area contributed by atoms with Gasteiger partial charge in [0.05, 0.1) is 18.6 Å². The third kappa shape index (κ3) is 8.53. The number of aliphatic imine (C=N–C) groups is 1. The van der Waals surface area contributed by atoms with Gasteiger partial charge in [0.2, 0.25) is 11.8 Å². The third-order valence-corrected chi connectivity index (χ3v) is 9.49. The van der Waals surface area contributed by atoms with Gasteiger partial charge in [-0.1, -0.05) is 64.6 Å². The number of nitrogens with one attached hydrogen (secondary N) is 1. The summed E-state index contributed by atoms with van der Waals surface area (Å²) in [5.41, 5.74) is 8.38. The Kier molecular flexibility index (Phi) is 11.6. The van der Waals surface area contributed by atoms with Gasteiger partial charge in [0.1, 0.15) is 12.1 Å². The first kappa shape index (κ1) is 32.7. The Morgan fingerprint density at radius 2 is 1.89 bits per heavy atom. The van der Waals surface area contributed by atoms with Crippen molar-refractivity contribution in [3.8, 4) is 0 Å². The summed E-state index contributed by atoms with van der Waals surface area (Å²) in [6, 6.07) is 14.4. The molecule has 0 saturated carbocycles. The molecule has 3 heterocycles. The number of piperazine rings is 1. The molecule has 0 radical (unpaired) electrons. The summed E-state index contributed by atoms with van der Waals surface area (Å²) in [5.74, 6) is -0.421. The molecule has 44 heavy (non-hydrogen) atoms. The number of ether oxygens (including phenoxy) is 1. The standard InChI is InChI=1S/C33H44BrClN6O3/c1-23-30(25-10-8-11-26(34)20-25)44-33(38-23)40-17-18-41(29(22-40)31(42)37-21-24-9-7-12-27(35)19-24)32(43)28(36)13-3-6-16-39-14-4-2-5-15-39/h7-12,19-20,23,28-30H,2-6,13-18,21-22,36H2,1H3,(H,37,42)/t23-,28+,29-,30+/m0/s1. The van der Waals surface area contributed by atoms with Crippen molar-refractivity contribution >= 4 is 45.4 Å². The summed E-state index contributed by atoms with van der Waals surface area (Å²) >= 11 is 9.70. The van der Waals surface area contributed by atoms with Gasteiger partial charge in [-0.2, -0.15) is 0 Å². The number of likely N-dealkylation sites (tertiary alicyclic amines) is 1. The van der Waals surface area contributed by atoms with Crippen LogP contribution in [0.2, 0.25) is 5.02 Å². The summed E-state index contributed by atoms with van der Waals surface area (Å²) in [4.78, 5) is 38.3. The second-order valence-electron chi connectivity index (χ2n) is 12.1. The van der Waals surface area contributed by atoms with E-state index in [0.29, 0.717) is 37.1 Å². The average Bonchev–Trinajstić information content (AvgIpc) is 3.43. The number of nitrogens with zero attached hydrogens (tertiary/aromatic N) is 4. The predicted molar refractivity (Wildman–Crippen MR) is 177 cm³/mol. The summed E-state index contributed by atoms with van der Waals surface area (Å²) in [7, 11) is 0. The van der Waals surface area contributed by atoms with Crippen LogP contribution in [-0.2, 0) is 20.9 Å². The van der Waals surface area contributed by atoms with Crippen LogP contribution >= 0.6 is 27.5 Å². The van der Waals surface area contributed by atoms with Crippen LogP contribution in [0.1, 0.15) is 62.7 Å². The highest BCUT2D eigenvalue weighted by molar-refractivity contribution is 9.10. The fraction of sp³-hybridized carbons (Fsp3) is 0.545. The molecule has 0 spiro atoms. The molecule has 238 valence electrons. The lowest BCUT2D eigenvalue weighted by atomic mass is 10.0. The van der Waals surface area contributed by atoms with Gasteiger partial charge in [0.25, 0.3) is 6.02 Å². The van der Waals surface area contributed by atoms with Crippen LogP contribution < -0.4 is 11.1 Å². The van der Waals surface area contributed by atoms with Gasteiger partial charge in [0, 0.05) is 29.1 Å². The molecular formula is C33H44BrClN6O3. The van der Waals surface area contributed by atoms with E-state index in [1.807, 2.05) is 54.3 Å². The van der Waals surface area contributed by atoms with Gasteiger partial charge in [-0.15, -0.1) is 0 Å². The lowest BCUT2D eigenvalue weighted by Gasteiger charge is -2.41. The number of unbranched alkanes of at least 4 members (excludes halogenated alkanes) is 1. The van der Waals surface area contributed by atoms with Gasteiger partial charge < -0.3 is 30.5 Å². The minimum Gasteiger partial charge on any atom is -0.455 e. The number of piperidine rings is 1. The van der Waals surface area contributed by atoms with Gasteiger partial charge in [-0.3, -0.25) is 9.59 Å². The number of amides is 2. The van der Waals surface area contributed by atoms with E-state index in [1.54, 1.807) is 11.0 Å². The van der Waals surface area contributed by atoms with Crippen LogP contribution in [0.5, 0.6) is 0 Å². The molecule has 0 bridgehead atoms. The Balaban J connectivity index is 1.23. The normalized spacial score (nSPS) is 23.2. The van der Waals surface area contributed by atoms with E-state index in [-0.39, 0.29) is 30.5 Å². The van der Waals surface area contributed by atoms with Crippen molar-refractivity contribution < 1.29 is 14.3 Å². The topological polar surface area (TPSA) is 103 Å². The van der Waals surface area contributed by atoms with Gasteiger partial charge in [0.15, 0.2) is 0 Å². The molecule has 2 amide bonds. The van der Waals surface area contributed by atoms with Crippen LogP contribution in [0.25, 0.3) is 0 Å². The predicted octanol–water partition coefficient (Wildman–Crippen LogP) is 4.73. The highest BCUT2D eigenvalue weighted by atomic mass is 79.9. The van der Waals surface area contributed by atoms with Crippen LogP contribution in [-0.4, -0.2) is 89.9 Å². The number of carbonyl (C=O) groups excluding carboxylic acids is 2. The fourth-order valence-corrected chi connectivity index (χ4v) is 6.92. The first-order valence-corrected chi connectivity index (χ1v) is 17.0. The molecule has 4 atom stereocenters. The molecule has 0 aliphatic carbocycles. The number of benzene rings is 2. The summed E-state index contributed by atoms with van der Waals surface area (Å²) in [5, 5.41) is 3.62. The summed E-state index contributed by atoms with van der Waals surface area (Å²) in [6.45, 7) is 6.84. The van der Waals surface area contributed by atoms with Crippen LogP contribution in [0.15, 0.2) is 58.0 Å². The van der Waals surface area contributed by atoms with Crippen LogP contribution in [0.4, 0.5) is 0 Å². The zero-order valence-corrected chi connectivity index (χ0v) is 27.8. The monoisotopic (exact) mass is 686 g/mol. The molecule has 3 aliphatic heterocycles. The van der Waals surface area contributed by atoms with E-state index < -0.39 is 12.1 Å². The smallest absolute Gasteiger partial charge is 0.288 e. The molecule has 2 saturated heterocycles. The Bertz CT molecular complexity index is 1320. The van der Waals surface area contributed by atoms with Gasteiger partial charge in [-0.25, -0.2) is 4.99 Å². The van der Waals surface area contributed by atoms with E-state index >= 15 is 0 Å². The summed E-state index contributed by atoms with van der Waals surface area (Å²) in [6.07, 6.45) is 6.14. The number of halogens is 2. The maximum atomic E-state index is 13.7. The Labute approximate surface area is 274 Å². The van der Waals surface area contributed by atoms with Crippen LogP contribution in [0.3, 0.4) is 0 Å². The number of amidine groups is 1. The van der Waals surface area contributed by atoms with Crippen molar-refractivity contribution in [1.29, 1.82) is 0 Å². The van der Waals surface area contributed by atoms with Crippen molar-refractivity contribution in [3.05, 3.63) is 69.2 Å². The first-order chi connectivity index (χ1) is 21.3. The Hall–Kier alpha value is -2.66. The van der Waals surface area contributed by atoms with E-state index in [1.165, 1.54) is 32.4 Å². The van der Waals surface area contributed by atoms with E-state index in [0.717, 1.165) is 35.0 Å². The van der Waals surface area contributed by atoms with Crippen molar-refractivity contribution in [1.82, 2.24) is 20.0 Å². The van der Waals surface area contributed by atoms with Gasteiger partial charge in [-0.05, 0) is 87.6 Å². The van der Waals surface area contributed by atoms with Crippen molar-refractivity contribution in [3.63, 3.8) is 0 Å². The largest absolute Gasteiger partial charge is 0.455 e. The second-order valence-corrected chi connectivity index (χ2v) is 13.4. The minimum atomic E-state index is -0.735. The minimum absolute atomic E-state index is 0.0903. The number of nitrogens with two attached hydrogens (primary N) is 1. The number of carbonyl (C=O) groups is 2. The molecule has 0 aromatic heterocycles. The highest BCUT2D eigenvalue weighted by Gasteiger charge is 2.41. The molecule has 0 unspecified atom stereocenters. The average molecular weight is 688 g/mol.